The van der Waals surface area contributed by atoms with Crippen LogP contribution in [0, 0.1) is 0 Å². The zero-order chi connectivity index (χ0) is 19.2. The van der Waals surface area contributed by atoms with Crippen LogP contribution in [0.15, 0.2) is 71.7 Å². The first-order valence-corrected chi connectivity index (χ1v) is 9.66. The van der Waals surface area contributed by atoms with E-state index in [2.05, 4.69) is 5.32 Å². The van der Waals surface area contributed by atoms with Gasteiger partial charge in [-0.3, -0.25) is 14.5 Å². The van der Waals surface area contributed by atoms with E-state index >= 15 is 0 Å². The van der Waals surface area contributed by atoms with Gasteiger partial charge in [0, 0.05) is 0 Å². The van der Waals surface area contributed by atoms with Crippen molar-refractivity contribution in [1.82, 2.24) is 4.90 Å². The summed E-state index contributed by atoms with van der Waals surface area (Å²) in [6.07, 6.45) is 5.40. The molecule has 0 aliphatic carbocycles. The number of benzene rings is 2. The van der Waals surface area contributed by atoms with E-state index in [9.17, 15) is 9.59 Å². The summed E-state index contributed by atoms with van der Waals surface area (Å²) in [6, 6.07) is 16.7. The molecule has 2 aromatic rings. The van der Waals surface area contributed by atoms with Crippen LogP contribution in [0.4, 0.5) is 5.69 Å². The topological polar surface area (TPSA) is 49.4 Å². The van der Waals surface area contributed by atoms with Gasteiger partial charge in [-0.15, -0.1) is 0 Å². The van der Waals surface area contributed by atoms with Crippen molar-refractivity contribution < 1.29 is 9.59 Å². The third-order valence-corrected chi connectivity index (χ3v) is 5.38. The lowest BCUT2D eigenvalue weighted by molar-refractivity contribution is -0.126. The molecule has 136 valence electrons. The van der Waals surface area contributed by atoms with Crippen molar-refractivity contribution in [1.29, 1.82) is 0 Å². The third-order valence-electron chi connectivity index (χ3n) is 3.66. The molecule has 1 heterocycles. The summed E-state index contributed by atoms with van der Waals surface area (Å²) in [6.45, 7) is -0.157. The molecule has 0 bridgehead atoms. The summed E-state index contributed by atoms with van der Waals surface area (Å²) in [5.41, 5.74) is 1.53. The minimum atomic E-state index is -0.361. The Balaban J connectivity index is 1.63. The van der Waals surface area contributed by atoms with Gasteiger partial charge in [0.05, 0.1) is 15.6 Å². The van der Waals surface area contributed by atoms with E-state index in [4.69, 9.17) is 23.8 Å². The van der Waals surface area contributed by atoms with Gasteiger partial charge in [0.15, 0.2) is 0 Å². The minimum absolute atomic E-state index is 0.157. The Morgan fingerprint density at radius 1 is 1.15 bits per heavy atom. The van der Waals surface area contributed by atoms with Gasteiger partial charge < -0.3 is 5.32 Å². The molecule has 1 aliphatic heterocycles. The van der Waals surface area contributed by atoms with E-state index in [0.29, 0.717) is 19.9 Å². The Morgan fingerprint density at radius 2 is 1.85 bits per heavy atom. The number of rotatable bonds is 5. The number of nitrogens with one attached hydrogen (secondary N) is 1. The molecule has 2 amide bonds. The number of para-hydroxylation sites is 1. The molecule has 1 aliphatic rings. The fraction of sp³-hybridized carbons (Fsp3) is 0.0500. The Hall–Kier alpha value is -2.41. The smallest absolute Gasteiger partial charge is 0.266 e. The highest BCUT2D eigenvalue weighted by Crippen LogP contribution is 2.31. The Kier molecular flexibility index (Phi) is 6.45. The molecular formula is C20H15ClN2O2S2. The van der Waals surface area contributed by atoms with Gasteiger partial charge >= 0.3 is 0 Å². The van der Waals surface area contributed by atoms with Gasteiger partial charge in [0.2, 0.25) is 5.91 Å². The average molecular weight is 415 g/mol. The molecule has 4 nitrogen and oxygen atoms in total. The number of thioether (sulfide) groups is 1. The van der Waals surface area contributed by atoms with Crippen LogP contribution in [0.2, 0.25) is 5.02 Å². The van der Waals surface area contributed by atoms with Crippen molar-refractivity contribution in [2.24, 2.45) is 0 Å². The first kappa shape index (κ1) is 19.4. The lowest BCUT2D eigenvalue weighted by atomic mass is 10.2. The number of hydrogen-bond donors (Lipinski definition) is 1. The zero-order valence-electron chi connectivity index (χ0n) is 14.1. The molecule has 27 heavy (non-hydrogen) atoms. The average Bonchev–Trinajstić information content (AvgIpc) is 2.92. The van der Waals surface area contributed by atoms with Gasteiger partial charge in [-0.2, -0.15) is 0 Å². The SMILES string of the molecule is O=C(CN1C(=O)C(=CC=Cc2ccccc2)SC1=S)Nc1ccccc1Cl. The highest BCUT2D eigenvalue weighted by atomic mass is 35.5. The van der Waals surface area contributed by atoms with Gasteiger partial charge in [0.25, 0.3) is 5.91 Å². The van der Waals surface area contributed by atoms with E-state index in [1.165, 1.54) is 16.7 Å². The molecule has 0 unspecified atom stereocenters. The fourth-order valence-corrected chi connectivity index (χ4v) is 3.75. The van der Waals surface area contributed by atoms with E-state index < -0.39 is 0 Å². The number of anilines is 1. The monoisotopic (exact) mass is 414 g/mol. The number of halogens is 1. The Morgan fingerprint density at radius 3 is 2.59 bits per heavy atom. The Labute approximate surface area is 171 Å². The van der Waals surface area contributed by atoms with Gasteiger partial charge in [-0.1, -0.05) is 90.2 Å². The van der Waals surface area contributed by atoms with E-state index in [1.54, 1.807) is 36.4 Å². The lowest BCUT2D eigenvalue weighted by Crippen LogP contribution is -2.36. The number of thiocarbonyl (C=S) groups is 1. The molecule has 0 aromatic heterocycles. The van der Waals surface area contributed by atoms with Crippen LogP contribution in [0.3, 0.4) is 0 Å². The van der Waals surface area contributed by atoms with Crippen LogP contribution in [0.1, 0.15) is 5.56 Å². The molecule has 3 rings (SSSR count). The van der Waals surface area contributed by atoms with Crippen molar-refractivity contribution in [2.75, 3.05) is 11.9 Å². The zero-order valence-corrected chi connectivity index (χ0v) is 16.5. The quantitative estimate of drug-likeness (QED) is 0.567. The highest BCUT2D eigenvalue weighted by molar-refractivity contribution is 8.26. The van der Waals surface area contributed by atoms with Crippen LogP contribution in [-0.4, -0.2) is 27.6 Å². The number of amides is 2. The fourth-order valence-electron chi connectivity index (χ4n) is 2.36. The standard InChI is InChI=1S/C20H15ClN2O2S2/c21-15-10-4-5-11-16(15)22-18(24)13-23-19(25)17(27-20(23)26)12-6-9-14-7-2-1-3-8-14/h1-12H,13H2,(H,22,24). The predicted molar refractivity (Wildman–Crippen MR) is 116 cm³/mol. The molecule has 0 saturated carbocycles. The van der Waals surface area contributed by atoms with Crippen molar-refractivity contribution in [3.63, 3.8) is 0 Å². The second kappa shape index (κ2) is 8.99. The molecule has 0 spiro atoms. The van der Waals surface area contributed by atoms with Crippen LogP contribution >= 0.6 is 35.6 Å². The second-order valence-electron chi connectivity index (χ2n) is 5.59. The molecule has 7 heteroatoms. The van der Waals surface area contributed by atoms with Crippen molar-refractivity contribution in [3.05, 3.63) is 82.2 Å². The second-order valence-corrected chi connectivity index (χ2v) is 7.67. The van der Waals surface area contributed by atoms with E-state index in [0.717, 1.165) is 5.56 Å². The molecule has 2 aromatic carbocycles. The summed E-state index contributed by atoms with van der Waals surface area (Å²) in [7, 11) is 0. The lowest BCUT2D eigenvalue weighted by Gasteiger charge is -2.14. The number of nitrogens with zero attached hydrogens (tertiary/aromatic N) is 1. The summed E-state index contributed by atoms with van der Waals surface area (Å²) in [5.74, 6) is -0.641. The number of hydrogen-bond acceptors (Lipinski definition) is 4. The molecule has 1 N–H and O–H groups in total. The summed E-state index contributed by atoms with van der Waals surface area (Å²) in [5, 5.41) is 3.12. The van der Waals surface area contributed by atoms with Crippen molar-refractivity contribution >= 4 is 63.5 Å². The normalized spacial score (nSPS) is 15.7. The summed E-state index contributed by atoms with van der Waals surface area (Å²) < 4.78 is 0.355. The predicted octanol–water partition coefficient (Wildman–Crippen LogP) is 4.74. The maximum atomic E-state index is 12.5. The molecule has 0 radical (unpaired) electrons. The maximum absolute atomic E-state index is 12.5. The van der Waals surface area contributed by atoms with Crippen molar-refractivity contribution in [3.8, 4) is 0 Å². The van der Waals surface area contributed by atoms with Crippen LogP contribution in [0.25, 0.3) is 6.08 Å². The minimum Gasteiger partial charge on any atom is -0.323 e. The maximum Gasteiger partial charge on any atom is 0.266 e. The molecule has 1 fully saturated rings. The van der Waals surface area contributed by atoms with Crippen LogP contribution in [-0.2, 0) is 9.59 Å². The third kappa shape index (κ3) is 5.07. The first-order chi connectivity index (χ1) is 13.0. The van der Waals surface area contributed by atoms with Crippen LogP contribution in [0.5, 0.6) is 0 Å². The van der Waals surface area contributed by atoms with Gasteiger partial charge in [-0.25, -0.2) is 0 Å². The highest BCUT2D eigenvalue weighted by Gasteiger charge is 2.33. The number of carbonyl (C=O) groups excluding carboxylic acids is 2. The molecule has 0 atom stereocenters. The van der Waals surface area contributed by atoms with E-state index in [1.807, 2.05) is 36.4 Å². The Bertz CT molecular complexity index is 942. The van der Waals surface area contributed by atoms with Gasteiger partial charge in [-0.05, 0) is 23.8 Å². The number of carbonyl (C=O) groups is 2. The first-order valence-electron chi connectivity index (χ1n) is 8.06. The summed E-state index contributed by atoms with van der Waals surface area (Å²) >= 11 is 12.5. The molecule has 1 saturated heterocycles. The number of allylic oxidation sites excluding steroid dienone is 2. The van der Waals surface area contributed by atoms with E-state index in [-0.39, 0.29) is 18.4 Å². The molecular weight excluding hydrogens is 400 g/mol. The largest absolute Gasteiger partial charge is 0.323 e. The van der Waals surface area contributed by atoms with Crippen molar-refractivity contribution in [2.45, 2.75) is 0 Å². The summed E-state index contributed by atoms with van der Waals surface area (Å²) in [4.78, 5) is 26.5. The van der Waals surface area contributed by atoms with Crippen LogP contribution < -0.4 is 5.32 Å². The van der Waals surface area contributed by atoms with Gasteiger partial charge in [0.1, 0.15) is 10.9 Å².